The molecular weight excluding hydrogens is 188 g/mol. The first-order valence-corrected chi connectivity index (χ1v) is 3.82. The highest BCUT2D eigenvalue weighted by Gasteiger charge is 1.90. The van der Waals surface area contributed by atoms with Gasteiger partial charge in [-0.05, 0) is 0 Å². The number of imidazole rings is 1. The van der Waals surface area contributed by atoms with Crippen LogP contribution in [0, 0.1) is 0 Å². The second-order valence-electron chi connectivity index (χ2n) is 2.22. The molecule has 0 amide bonds. The zero-order valence-corrected chi connectivity index (χ0v) is 7.51. The lowest BCUT2D eigenvalue weighted by atomic mass is 10.7. The Balaban J connectivity index is 0.000000292. The molecule has 6 nitrogen and oxygen atoms in total. The lowest BCUT2D eigenvalue weighted by Gasteiger charge is -1.92. The van der Waals surface area contributed by atoms with Gasteiger partial charge in [0, 0.05) is 18.5 Å². The fourth-order valence-corrected chi connectivity index (χ4v) is 0.633. The molecule has 0 spiro atoms. The molecule has 0 saturated heterocycles. The van der Waals surface area contributed by atoms with E-state index in [9.17, 15) is 9.59 Å². The van der Waals surface area contributed by atoms with Crippen molar-refractivity contribution in [3.8, 4) is 0 Å². The van der Waals surface area contributed by atoms with Crippen LogP contribution in [0.1, 0.15) is 0 Å². The molecule has 0 aliphatic carbocycles. The lowest BCUT2D eigenvalue weighted by molar-refractivity contribution is -0.131. The number of carbonyl (C=O) groups is 1. The van der Waals surface area contributed by atoms with Gasteiger partial charge in [0.2, 0.25) is 0 Å². The molecule has 1 rings (SSSR count). The second-order valence-corrected chi connectivity index (χ2v) is 2.22. The van der Waals surface area contributed by atoms with Crippen LogP contribution in [0.4, 0.5) is 0 Å². The van der Waals surface area contributed by atoms with Crippen molar-refractivity contribution < 1.29 is 15.0 Å². The van der Waals surface area contributed by atoms with E-state index in [0.717, 1.165) is 6.08 Å². The van der Waals surface area contributed by atoms with Crippen LogP contribution < -0.4 is 5.69 Å². The predicted octanol–water partition coefficient (Wildman–Crippen LogP) is -0.574. The van der Waals surface area contributed by atoms with Crippen molar-refractivity contribution in [2.45, 2.75) is 6.54 Å². The van der Waals surface area contributed by atoms with Crippen molar-refractivity contribution in [3.05, 3.63) is 35.5 Å². The Bertz CT molecular complexity index is 339. The van der Waals surface area contributed by atoms with Gasteiger partial charge in [-0.25, -0.2) is 9.59 Å². The van der Waals surface area contributed by atoms with Gasteiger partial charge in [0.25, 0.3) is 0 Å². The Morgan fingerprint density at radius 3 is 2.57 bits per heavy atom. The smallest absolute Gasteiger partial charge is 0.327 e. The van der Waals surface area contributed by atoms with E-state index in [-0.39, 0.29) is 12.3 Å². The van der Waals surface area contributed by atoms with Crippen molar-refractivity contribution in [2.24, 2.45) is 0 Å². The Morgan fingerprint density at radius 1 is 1.71 bits per heavy atom. The molecule has 78 valence electrons. The van der Waals surface area contributed by atoms with Crippen LogP contribution >= 0.6 is 0 Å². The third kappa shape index (κ3) is 4.94. The minimum Gasteiger partial charge on any atom is -0.478 e. The third-order valence-corrected chi connectivity index (χ3v) is 1.24. The number of aliphatic hydroxyl groups excluding tert-OH is 1. The number of rotatable bonds is 3. The van der Waals surface area contributed by atoms with Crippen LogP contribution in [-0.2, 0) is 11.3 Å². The first kappa shape index (κ1) is 12.2. The minimum absolute atomic E-state index is 0.00222. The van der Waals surface area contributed by atoms with Crippen LogP contribution in [0.15, 0.2) is 29.8 Å². The summed E-state index contributed by atoms with van der Waals surface area (Å²) in [6.07, 6.45) is 3.97. The van der Waals surface area contributed by atoms with Gasteiger partial charge in [0.05, 0.1) is 13.2 Å². The number of aliphatic hydroxyl groups is 1. The summed E-state index contributed by atoms with van der Waals surface area (Å²) >= 11 is 0. The summed E-state index contributed by atoms with van der Waals surface area (Å²) in [5, 5.41) is 16.0. The maximum Gasteiger partial charge on any atom is 0.327 e. The standard InChI is InChI=1S/C5H8N2O2.C3H4O2/c8-4-3-7-2-1-6-5(7)9;1-2-3(4)5/h1-2,8H,3-4H2,(H,6,9);2H,1H2,(H,4,5). The fourth-order valence-electron chi connectivity index (χ4n) is 0.633. The van der Waals surface area contributed by atoms with Gasteiger partial charge in [-0.2, -0.15) is 0 Å². The Labute approximate surface area is 80.1 Å². The van der Waals surface area contributed by atoms with Crippen LogP contribution in [0.2, 0.25) is 0 Å². The zero-order chi connectivity index (χ0) is 11.0. The zero-order valence-electron chi connectivity index (χ0n) is 7.51. The summed E-state index contributed by atoms with van der Waals surface area (Å²) in [6, 6.07) is 0. The molecule has 1 heterocycles. The molecule has 0 radical (unpaired) electrons. The Hall–Kier alpha value is -1.82. The van der Waals surface area contributed by atoms with Crippen molar-refractivity contribution in [1.29, 1.82) is 0 Å². The quantitative estimate of drug-likeness (QED) is 0.569. The molecule has 0 atom stereocenters. The monoisotopic (exact) mass is 200 g/mol. The molecular formula is C8H12N2O4. The number of nitrogens with zero attached hydrogens (tertiary/aromatic N) is 1. The first-order valence-electron chi connectivity index (χ1n) is 3.82. The molecule has 0 aromatic carbocycles. The van der Waals surface area contributed by atoms with Crippen LogP contribution in [0.3, 0.4) is 0 Å². The van der Waals surface area contributed by atoms with Gasteiger partial charge >= 0.3 is 11.7 Å². The minimum atomic E-state index is -0.981. The summed E-state index contributed by atoms with van der Waals surface area (Å²) in [7, 11) is 0. The number of carboxylic acids is 1. The number of aromatic amines is 1. The van der Waals surface area contributed by atoms with Crippen molar-refractivity contribution in [1.82, 2.24) is 9.55 Å². The average Bonchev–Trinajstić information content (AvgIpc) is 2.54. The third-order valence-electron chi connectivity index (χ3n) is 1.24. The van der Waals surface area contributed by atoms with E-state index >= 15 is 0 Å². The van der Waals surface area contributed by atoms with E-state index in [1.165, 1.54) is 10.8 Å². The maximum absolute atomic E-state index is 10.6. The van der Waals surface area contributed by atoms with Gasteiger partial charge < -0.3 is 15.2 Å². The Morgan fingerprint density at radius 2 is 2.29 bits per heavy atom. The number of carboxylic acid groups (broad SMARTS) is 1. The number of nitrogens with one attached hydrogen (secondary N) is 1. The van der Waals surface area contributed by atoms with Gasteiger partial charge in [-0.3, -0.25) is 4.57 Å². The van der Waals surface area contributed by atoms with Crippen molar-refractivity contribution in [2.75, 3.05) is 6.61 Å². The molecule has 14 heavy (non-hydrogen) atoms. The number of H-pyrrole nitrogens is 1. The molecule has 0 aliphatic heterocycles. The highest BCUT2D eigenvalue weighted by atomic mass is 16.4. The van der Waals surface area contributed by atoms with Gasteiger partial charge in [-0.15, -0.1) is 0 Å². The van der Waals surface area contributed by atoms with Gasteiger partial charge in [-0.1, -0.05) is 6.58 Å². The van der Waals surface area contributed by atoms with Gasteiger partial charge in [0.1, 0.15) is 0 Å². The lowest BCUT2D eigenvalue weighted by Crippen LogP contribution is -2.17. The summed E-state index contributed by atoms with van der Waals surface area (Å²) in [4.78, 5) is 22.3. The van der Waals surface area contributed by atoms with E-state index in [2.05, 4.69) is 11.6 Å². The molecule has 1 aromatic heterocycles. The molecule has 6 heteroatoms. The second kappa shape index (κ2) is 6.67. The number of aromatic nitrogens is 2. The van der Waals surface area contributed by atoms with E-state index in [1.54, 1.807) is 6.20 Å². The summed E-state index contributed by atoms with van der Waals surface area (Å²) in [5.74, 6) is -0.981. The SMILES string of the molecule is C=CC(=O)O.O=c1[nH]ccn1CCO. The Kier molecular flexibility index (Phi) is 5.80. The van der Waals surface area contributed by atoms with Crippen molar-refractivity contribution in [3.63, 3.8) is 0 Å². The highest BCUT2D eigenvalue weighted by Crippen LogP contribution is 1.75. The van der Waals surface area contributed by atoms with Crippen molar-refractivity contribution >= 4 is 5.97 Å². The summed E-state index contributed by atoms with van der Waals surface area (Å²) in [6.45, 7) is 3.32. The van der Waals surface area contributed by atoms with E-state index in [1.807, 2.05) is 0 Å². The highest BCUT2D eigenvalue weighted by molar-refractivity contribution is 5.78. The topological polar surface area (TPSA) is 95.3 Å². The first-order chi connectivity index (χ1) is 6.61. The van der Waals surface area contributed by atoms with Crippen LogP contribution in [0.5, 0.6) is 0 Å². The largest absolute Gasteiger partial charge is 0.478 e. The number of aliphatic carboxylic acids is 1. The molecule has 0 saturated carbocycles. The summed E-state index contributed by atoms with van der Waals surface area (Å²) < 4.78 is 1.40. The fraction of sp³-hybridized carbons (Fsp3) is 0.250. The average molecular weight is 200 g/mol. The van der Waals surface area contributed by atoms with Crippen LogP contribution in [0.25, 0.3) is 0 Å². The number of hydrogen-bond donors (Lipinski definition) is 3. The molecule has 0 fully saturated rings. The number of hydrogen-bond acceptors (Lipinski definition) is 3. The molecule has 0 unspecified atom stereocenters. The molecule has 0 bridgehead atoms. The normalized spacial score (nSPS) is 8.64. The molecule has 0 aliphatic rings. The van der Waals surface area contributed by atoms with E-state index in [0.29, 0.717) is 6.54 Å². The van der Waals surface area contributed by atoms with Crippen LogP contribution in [-0.4, -0.2) is 32.3 Å². The molecule has 1 aromatic rings. The van der Waals surface area contributed by atoms with E-state index in [4.69, 9.17) is 10.2 Å². The predicted molar refractivity (Wildman–Crippen MR) is 50.0 cm³/mol. The maximum atomic E-state index is 10.6. The summed E-state index contributed by atoms with van der Waals surface area (Å²) in [5.41, 5.74) is -0.177. The van der Waals surface area contributed by atoms with Gasteiger partial charge in [0.15, 0.2) is 0 Å². The molecule has 3 N–H and O–H groups in total. The van der Waals surface area contributed by atoms with E-state index < -0.39 is 5.97 Å².